The minimum absolute atomic E-state index is 0.0276. The summed E-state index contributed by atoms with van der Waals surface area (Å²) >= 11 is 5.86. The molecule has 29 heavy (non-hydrogen) atoms. The van der Waals surface area contributed by atoms with Crippen molar-refractivity contribution in [2.45, 2.75) is 12.8 Å². The zero-order chi connectivity index (χ0) is 20.8. The van der Waals surface area contributed by atoms with Crippen molar-refractivity contribution < 1.29 is 14.6 Å². The Morgan fingerprint density at radius 1 is 1.00 bits per heavy atom. The van der Waals surface area contributed by atoms with E-state index in [0.29, 0.717) is 20.8 Å². The zero-order valence-corrected chi connectivity index (χ0v) is 15.9. The monoisotopic (exact) mass is 411 g/mol. The highest BCUT2D eigenvalue weighted by Gasteiger charge is 2.33. The first-order chi connectivity index (χ1) is 13.8. The third-order valence-corrected chi connectivity index (χ3v) is 4.83. The number of aromatic nitrogens is 3. The topological polar surface area (TPSA) is 88.2 Å². The van der Waals surface area contributed by atoms with Crippen LogP contribution in [0.15, 0.2) is 65.5 Å². The second-order valence-electron chi connectivity index (χ2n) is 6.54. The van der Waals surface area contributed by atoms with E-state index in [-0.39, 0.29) is 22.2 Å². The van der Waals surface area contributed by atoms with E-state index in [9.17, 15) is 19.4 Å². The van der Waals surface area contributed by atoms with Gasteiger partial charge in [0.2, 0.25) is 5.95 Å². The van der Waals surface area contributed by atoms with Crippen molar-refractivity contribution >= 4 is 22.4 Å². The molecule has 2 N–H and O–H groups in total. The summed E-state index contributed by atoms with van der Waals surface area (Å²) in [5.74, 6) is -3.56. The highest BCUT2D eigenvalue weighted by molar-refractivity contribution is 6.30. The van der Waals surface area contributed by atoms with Gasteiger partial charge in [0.25, 0.3) is 11.5 Å². The van der Waals surface area contributed by atoms with Gasteiger partial charge in [-0.25, -0.2) is 4.98 Å². The molecule has 2 aromatic heterocycles. The van der Waals surface area contributed by atoms with Crippen molar-refractivity contribution in [1.82, 2.24) is 14.8 Å². The first-order valence-electron chi connectivity index (χ1n) is 8.66. The number of halogens is 2. The Hall–Kier alpha value is -3.13. The lowest BCUT2D eigenvalue weighted by Gasteiger charge is -2.24. The van der Waals surface area contributed by atoms with E-state index in [1.165, 1.54) is 36.4 Å². The highest BCUT2D eigenvalue weighted by atomic mass is 35.5. The van der Waals surface area contributed by atoms with Crippen LogP contribution in [0.1, 0.15) is 11.3 Å². The smallest absolute Gasteiger partial charge is 0.297 e. The van der Waals surface area contributed by atoms with Crippen molar-refractivity contribution in [3.8, 4) is 11.3 Å². The van der Waals surface area contributed by atoms with Crippen molar-refractivity contribution in [1.29, 1.82) is 0 Å². The number of rotatable bonds is 3. The average Bonchev–Trinajstić information content (AvgIpc) is 2.69. The molecule has 0 aliphatic heterocycles. The Morgan fingerprint density at radius 3 is 2.31 bits per heavy atom. The molecule has 0 unspecified atom stereocenters. The maximum absolute atomic E-state index is 14.6. The molecule has 0 aliphatic rings. The minimum Gasteiger partial charge on any atom is -0.344 e. The molecular weight excluding hydrogens is 397 g/mol. The van der Waals surface area contributed by atoms with Gasteiger partial charge in [0, 0.05) is 21.7 Å². The molecule has 0 spiro atoms. The van der Waals surface area contributed by atoms with E-state index < -0.39 is 17.4 Å². The van der Waals surface area contributed by atoms with Crippen molar-refractivity contribution in [3.63, 3.8) is 0 Å². The SMILES string of the molecule is Cc1ccc(-c2nn(C(O)(O)c3ccc(Cl)cc3)c(=O)c3ccccc23)c(F)n1. The van der Waals surface area contributed by atoms with Gasteiger partial charge in [-0.2, -0.15) is 14.2 Å². The minimum atomic E-state index is -2.78. The summed E-state index contributed by atoms with van der Waals surface area (Å²) in [6.45, 7) is 1.65. The molecular formula is C21H15ClFN3O3. The van der Waals surface area contributed by atoms with Crippen molar-refractivity contribution in [3.05, 3.63) is 93.2 Å². The second kappa shape index (κ2) is 7.04. The fourth-order valence-corrected chi connectivity index (χ4v) is 3.22. The van der Waals surface area contributed by atoms with Crippen LogP contribution in [0, 0.1) is 12.9 Å². The van der Waals surface area contributed by atoms with E-state index in [1.807, 2.05) is 0 Å². The van der Waals surface area contributed by atoms with Crippen LogP contribution in [0.2, 0.25) is 5.02 Å². The van der Waals surface area contributed by atoms with Crippen LogP contribution in [-0.2, 0) is 5.91 Å². The fourth-order valence-electron chi connectivity index (χ4n) is 3.10. The Labute approximate surface area is 169 Å². The van der Waals surface area contributed by atoms with E-state index in [0.717, 1.165) is 0 Å². The summed E-state index contributed by atoms with van der Waals surface area (Å²) in [6, 6.07) is 15.1. The van der Waals surface area contributed by atoms with Crippen LogP contribution >= 0.6 is 11.6 Å². The maximum Gasteiger partial charge on any atom is 0.297 e. The van der Waals surface area contributed by atoms with Crippen LogP contribution in [0.3, 0.4) is 0 Å². The molecule has 0 aliphatic carbocycles. The predicted octanol–water partition coefficient (Wildman–Crippen LogP) is 3.20. The number of nitrogens with zero attached hydrogens (tertiary/aromatic N) is 3. The molecule has 6 nitrogen and oxygen atoms in total. The normalized spacial score (nSPS) is 11.8. The molecule has 0 atom stereocenters. The molecule has 4 rings (SSSR count). The maximum atomic E-state index is 14.6. The highest BCUT2D eigenvalue weighted by Crippen LogP contribution is 2.28. The Morgan fingerprint density at radius 2 is 1.66 bits per heavy atom. The summed E-state index contributed by atoms with van der Waals surface area (Å²) in [5, 5.41) is 26.6. The number of benzene rings is 2. The molecule has 0 radical (unpaired) electrons. The lowest BCUT2D eigenvalue weighted by Crippen LogP contribution is -2.44. The molecule has 2 heterocycles. The van der Waals surface area contributed by atoms with E-state index in [4.69, 9.17) is 11.6 Å². The van der Waals surface area contributed by atoms with E-state index >= 15 is 0 Å². The number of aliphatic hydroxyl groups is 2. The van der Waals surface area contributed by atoms with Crippen LogP contribution in [-0.4, -0.2) is 25.0 Å². The van der Waals surface area contributed by atoms with Gasteiger partial charge in [0.15, 0.2) is 0 Å². The molecule has 0 saturated heterocycles. The van der Waals surface area contributed by atoms with Crippen LogP contribution in [0.25, 0.3) is 22.0 Å². The number of hydrogen-bond acceptors (Lipinski definition) is 5. The lowest BCUT2D eigenvalue weighted by molar-refractivity contribution is -0.202. The van der Waals surface area contributed by atoms with Gasteiger partial charge in [-0.05, 0) is 37.3 Å². The zero-order valence-electron chi connectivity index (χ0n) is 15.2. The molecule has 146 valence electrons. The molecule has 2 aromatic carbocycles. The van der Waals surface area contributed by atoms with Gasteiger partial charge >= 0.3 is 0 Å². The largest absolute Gasteiger partial charge is 0.344 e. The standard InChI is InChI=1S/C21H15ClFN3O3/c1-12-6-11-17(19(23)24-12)18-15-4-2-3-5-16(15)20(27)26(25-18)21(28,29)13-7-9-14(22)10-8-13/h2-11,28-29H,1H3. The van der Waals surface area contributed by atoms with Gasteiger partial charge < -0.3 is 10.2 Å². The molecule has 4 aromatic rings. The molecule has 0 fully saturated rings. The predicted molar refractivity (Wildman–Crippen MR) is 107 cm³/mol. The molecule has 8 heteroatoms. The third kappa shape index (κ3) is 3.29. The van der Waals surface area contributed by atoms with Gasteiger partial charge in [-0.15, -0.1) is 0 Å². The Bertz CT molecular complexity index is 1290. The summed E-state index contributed by atoms with van der Waals surface area (Å²) in [4.78, 5) is 16.8. The first-order valence-corrected chi connectivity index (χ1v) is 9.03. The second-order valence-corrected chi connectivity index (χ2v) is 6.98. The first kappa shape index (κ1) is 19.2. The van der Waals surface area contributed by atoms with E-state index in [1.54, 1.807) is 31.2 Å². The van der Waals surface area contributed by atoms with Crippen LogP contribution in [0.5, 0.6) is 0 Å². The molecule has 0 amide bonds. The number of pyridine rings is 1. The average molecular weight is 412 g/mol. The summed E-state index contributed by atoms with van der Waals surface area (Å²) in [7, 11) is 0. The summed E-state index contributed by atoms with van der Waals surface area (Å²) < 4.78 is 15.1. The van der Waals surface area contributed by atoms with E-state index in [2.05, 4.69) is 10.1 Å². The molecule has 0 saturated carbocycles. The number of fused-ring (bicyclic) bond motifs is 1. The fraction of sp³-hybridized carbons (Fsp3) is 0.0952. The van der Waals surface area contributed by atoms with Gasteiger partial charge in [-0.3, -0.25) is 4.79 Å². The van der Waals surface area contributed by atoms with Gasteiger partial charge in [0.05, 0.1) is 10.9 Å². The number of hydrogen-bond donors (Lipinski definition) is 2. The van der Waals surface area contributed by atoms with Crippen molar-refractivity contribution in [2.75, 3.05) is 0 Å². The van der Waals surface area contributed by atoms with Gasteiger partial charge in [0.1, 0.15) is 5.69 Å². The lowest BCUT2D eigenvalue weighted by atomic mass is 10.1. The van der Waals surface area contributed by atoms with Crippen molar-refractivity contribution in [2.24, 2.45) is 0 Å². The molecule has 0 bridgehead atoms. The third-order valence-electron chi connectivity index (χ3n) is 4.57. The van der Waals surface area contributed by atoms with Gasteiger partial charge in [-0.1, -0.05) is 41.9 Å². The van der Waals surface area contributed by atoms with Crippen LogP contribution in [0.4, 0.5) is 4.39 Å². The summed E-state index contributed by atoms with van der Waals surface area (Å²) in [5.41, 5.74) is -0.201. The van der Waals surface area contributed by atoms with Crippen LogP contribution < -0.4 is 5.56 Å². The Balaban J connectivity index is 2.05. The quantitative estimate of drug-likeness (QED) is 0.399. The number of aryl methyl sites for hydroxylation is 1. The summed E-state index contributed by atoms with van der Waals surface area (Å²) in [6.07, 6.45) is 0. The Kier molecular flexibility index (Phi) is 4.66.